The second-order valence-electron chi connectivity index (χ2n) is 8.43. The third-order valence-electron chi connectivity index (χ3n) is 6.69. The molecule has 0 saturated heterocycles. The Morgan fingerprint density at radius 1 is 1.18 bits per heavy atom. The van der Waals surface area contributed by atoms with Crippen molar-refractivity contribution < 1.29 is 47.6 Å². The summed E-state index contributed by atoms with van der Waals surface area (Å²) < 4.78 is 4.68. The number of primary amides is 1. The van der Waals surface area contributed by atoms with Crippen LogP contribution in [-0.4, -0.2) is 51.3 Å². The number of esters is 1. The number of hydrogen-bond acceptors (Lipinski definition) is 8. The van der Waals surface area contributed by atoms with E-state index in [2.05, 4.69) is 4.74 Å². The number of allylic oxidation sites excluding steroid dienone is 2. The predicted molar refractivity (Wildman–Crippen MR) is 118 cm³/mol. The van der Waals surface area contributed by atoms with Gasteiger partial charge in [-0.25, -0.2) is 0 Å². The van der Waals surface area contributed by atoms with Gasteiger partial charge in [0.05, 0.1) is 18.6 Å². The van der Waals surface area contributed by atoms with Crippen molar-refractivity contribution in [1.29, 1.82) is 0 Å². The molecular formula is C23H29NO9. The Kier molecular flexibility index (Phi) is 6.33. The Morgan fingerprint density at radius 2 is 1.88 bits per heavy atom. The van der Waals surface area contributed by atoms with Gasteiger partial charge in [-0.3, -0.25) is 19.2 Å². The van der Waals surface area contributed by atoms with Gasteiger partial charge in [-0.15, -0.1) is 0 Å². The van der Waals surface area contributed by atoms with Crippen molar-refractivity contribution in [3.8, 4) is 5.75 Å². The first kappa shape index (κ1) is 24.0. The van der Waals surface area contributed by atoms with Crippen LogP contribution < -0.4 is 5.73 Å². The van der Waals surface area contributed by atoms with Gasteiger partial charge in [-0.05, 0) is 48.3 Å². The summed E-state index contributed by atoms with van der Waals surface area (Å²) in [4.78, 5) is 48.9. The van der Waals surface area contributed by atoms with E-state index in [9.17, 15) is 34.5 Å². The highest BCUT2D eigenvalue weighted by molar-refractivity contribution is 6.21. The number of nitrogens with two attached hydrogens (primary N) is 1. The summed E-state index contributed by atoms with van der Waals surface area (Å²) in [6, 6.07) is 3.06. The molecule has 10 heteroatoms. The minimum Gasteiger partial charge on any atom is -0.511 e. The molecular weight excluding hydrogens is 434 g/mol. The maximum Gasteiger partial charge on any atom is 0.305 e. The fourth-order valence-electron chi connectivity index (χ4n) is 5.28. The molecule has 0 heterocycles. The van der Waals surface area contributed by atoms with Crippen molar-refractivity contribution in [3.63, 3.8) is 0 Å². The van der Waals surface area contributed by atoms with Crippen LogP contribution in [0.4, 0.5) is 0 Å². The number of fused-ring (bicyclic) bond motifs is 3. The summed E-state index contributed by atoms with van der Waals surface area (Å²) >= 11 is 0. The van der Waals surface area contributed by atoms with Crippen LogP contribution in [0.15, 0.2) is 29.0 Å². The molecule has 0 bridgehead atoms. The van der Waals surface area contributed by atoms with Crippen molar-refractivity contribution in [2.75, 3.05) is 7.11 Å². The van der Waals surface area contributed by atoms with Crippen LogP contribution in [0.2, 0.25) is 0 Å². The number of aliphatic hydroxyl groups excluding tert-OH is 2. The lowest BCUT2D eigenvalue weighted by atomic mass is 9.61. The first-order valence-electron chi connectivity index (χ1n) is 10.3. The van der Waals surface area contributed by atoms with E-state index in [0.29, 0.717) is 24.8 Å². The summed E-state index contributed by atoms with van der Waals surface area (Å²) in [5.41, 5.74) is 6.20. The number of carbonyl (C=O) groups excluding carboxylic acids is 4. The number of phenols is 1. The molecule has 3 unspecified atom stereocenters. The van der Waals surface area contributed by atoms with Gasteiger partial charge in [0.25, 0.3) is 5.91 Å². The van der Waals surface area contributed by atoms with E-state index in [1.165, 1.54) is 13.2 Å². The van der Waals surface area contributed by atoms with E-state index in [1.54, 1.807) is 6.07 Å². The van der Waals surface area contributed by atoms with Gasteiger partial charge < -0.3 is 31.3 Å². The van der Waals surface area contributed by atoms with E-state index >= 15 is 0 Å². The summed E-state index contributed by atoms with van der Waals surface area (Å²) in [5, 5.41) is 32.0. The zero-order chi connectivity index (χ0) is 23.3. The lowest BCUT2D eigenvalue weighted by Gasteiger charge is -2.41. The second-order valence-corrected chi connectivity index (χ2v) is 8.43. The van der Waals surface area contributed by atoms with Gasteiger partial charge in [0.15, 0.2) is 11.6 Å². The van der Waals surface area contributed by atoms with Crippen LogP contribution in [0, 0.1) is 17.8 Å². The van der Waals surface area contributed by atoms with Crippen LogP contribution in [0.1, 0.15) is 38.8 Å². The number of hydrogen-bond donors (Lipinski definition) is 4. The van der Waals surface area contributed by atoms with Crippen molar-refractivity contribution in [1.82, 2.24) is 0 Å². The van der Waals surface area contributed by atoms with Crippen LogP contribution in [0.25, 0.3) is 5.76 Å². The number of phenolic OH excluding ortho intramolecular Hbond substituents is 1. The summed E-state index contributed by atoms with van der Waals surface area (Å²) in [7, 11) is 1.29. The first-order chi connectivity index (χ1) is 15.1. The number of rotatable bonds is 4. The molecule has 4 rings (SSSR count). The fourth-order valence-corrected chi connectivity index (χ4v) is 5.28. The smallest absolute Gasteiger partial charge is 0.305 e. The number of Topliss-reactive ketones (excluding diaryl/α,β-unsaturated/α-hetero) is 2. The molecule has 7 N–H and O–H groups in total. The number of amides is 1. The van der Waals surface area contributed by atoms with Crippen LogP contribution in [-0.2, 0) is 36.8 Å². The topological polar surface area (TPSA) is 196 Å². The zero-order valence-electron chi connectivity index (χ0n) is 17.9. The lowest BCUT2D eigenvalue weighted by Crippen LogP contribution is -2.44. The molecule has 33 heavy (non-hydrogen) atoms. The molecule has 180 valence electrons. The molecule has 10 nitrogen and oxygen atoms in total. The number of ketones is 2. The SMILES string of the molecule is COC(=O)CCc1ccc(O)c2c1CC1CC3CC(=O)C(C(N)=O)=C(O)C3C(=O)C1=C2O.O.[HH].[HH]. The van der Waals surface area contributed by atoms with Gasteiger partial charge in [-0.1, -0.05) is 6.07 Å². The number of benzene rings is 1. The molecule has 3 aliphatic carbocycles. The van der Waals surface area contributed by atoms with Crippen molar-refractivity contribution >= 4 is 29.2 Å². The molecule has 3 aliphatic rings. The third kappa shape index (κ3) is 3.76. The van der Waals surface area contributed by atoms with Gasteiger partial charge >= 0.3 is 5.97 Å². The Labute approximate surface area is 191 Å². The minimum absolute atomic E-state index is 0. The predicted octanol–water partition coefficient (Wildman–Crippen LogP) is 1.08. The monoisotopic (exact) mass is 463 g/mol. The number of carbonyl (C=O) groups is 4. The minimum atomic E-state index is -1.14. The van der Waals surface area contributed by atoms with Crippen LogP contribution in [0.5, 0.6) is 5.75 Å². The quantitative estimate of drug-likeness (QED) is 0.376. The van der Waals surface area contributed by atoms with Crippen molar-refractivity contribution in [3.05, 3.63) is 45.7 Å². The van der Waals surface area contributed by atoms with Crippen molar-refractivity contribution in [2.45, 2.75) is 32.1 Å². The third-order valence-corrected chi connectivity index (χ3v) is 6.69. The molecule has 1 saturated carbocycles. The van der Waals surface area contributed by atoms with E-state index in [0.717, 1.165) is 5.56 Å². The summed E-state index contributed by atoms with van der Waals surface area (Å²) in [6.07, 6.45) is 0.974. The number of methoxy groups -OCH3 is 1. The Balaban J connectivity index is 0.00000204. The van der Waals surface area contributed by atoms with Gasteiger partial charge in [-0.2, -0.15) is 0 Å². The molecule has 0 aliphatic heterocycles. The lowest BCUT2D eigenvalue weighted by molar-refractivity contribution is -0.140. The van der Waals surface area contributed by atoms with Crippen LogP contribution in [0.3, 0.4) is 0 Å². The van der Waals surface area contributed by atoms with E-state index in [-0.39, 0.29) is 43.8 Å². The standard InChI is InChI=1S/C23H23NO8.H2O.2H2/c1-32-15(27)5-3-9-2-4-13(25)18-12(9)7-10-6-11-8-14(26)19(23(24)31)22(30)17(11)20(28)16(10)21(18)29;;;/h2,4,10-11,17,25,29-30H,3,5-8H2,1H3,(H2,24,31);1H2;2*1H. The molecule has 1 amide bonds. The fraction of sp³-hybridized carbons (Fsp3) is 0.391. The number of aliphatic hydroxyl groups is 2. The Morgan fingerprint density at radius 3 is 2.52 bits per heavy atom. The van der Waals surface area contributed by atoms with E-state index in [4.69, 9.17) is 5.73 Å². The number of aromatic hydroxyl groups is 1. The largest absolute Gasteiger partial charge is 0.511 e. The van der Waals surface area contributed by atoms with Crippen molar-refractivity contribution in [2.24, 2.45) is 23.5 Å². The zero-order valence-corrected chi connectivity index (χ0v) is 17.9. The highest BCUT2D eigenvalue weighted by Crippen LogP contribution is 2.50. The normalized spacial score (nSPS) is 23.8. The highest BCUT2D eigenvalue weighted by atomic mass is 16.5. The average molecular weight is 463 g/mol. The molecule has 0 spiro atoms. The molecule has 0 radical (unpaired) electrons. The van der Waals surface area contributed by atoms with Gasteiger partial charge in [0, 0.05) is 21.3 Å². The average Bonchev–Trinajstić information content (AvgIpc) is 2.71. The van der Waals surface area contributed by atoms with E-state index in [1.807, 2.05) is 0 Å². The highest BCUT2D eigenvalue weighted by Gasteiger charge is 2.50. The first-order valence-corrected chi connectivity index (χ1v) is 10.3. The van der Waals surface area contributed by atoms with Crippen LogP contribution >= 0.6 is 0 Å². The molecule has 1 aromatic carbocycles. The molecule has 1 fully saturated rings. The van der Waals surface area contributed by atoms with Gasteiger partial charge in [0.2, 0.25) is 0 Å². The molecule has 1 aromatic rings. The maximum absolute atomic E-state index is 13.3. The second kappa shape index (κ2) is 8.70. The maximum atomic E-state index is 13.3. The molecule has 0 aromatic heterocycles. The van der Waals surface area contributed by atoms with Gasteiger partial charge in [0.1, 0.15) is 22.8 Å². The summed E-state index contributed by atoms with van der Waals surface area (Å²) in [5.74, 6) is -6.04. The Bertz CT molecular complexity index is 1140. The number of aryl methyl sites for hydroxylation is 1. The molecule has 3 atom stereocenters. The Hall–Kier alpha value is -3.66. The summed E-state index contributed by atoms with van der Waals surface area (Å²) in [6.45, 7) is 0. The van der Waals surface area contributed by atoms with E-state index < -0.39 is 52.5 Å². The number of ether oxygens (including phenoxy) is 1.